The highest BCUT2D eigenvalue weighted by Crippen LogP contribution is 2.60. The predicted molar refractivity (Wildman–Crippen MR) is 79.9 cm³/mol. The maximum absolute atomic E-state index is 12.5. The second-order valence-electron chi connectivity index (χ2n) is 6.89. The van der Waals surface area contributed by atoms with E-state index in [1.807, 2.05) is 6.07 Å². The molecule has 2 saturated carbocycles. The summed E-state index contributed by atoms with van der Waals surface area (Å²) in [5.74, 6) is 0.633. The smallest absolute Gasteiger partial charge is 0.207 e. The van der Waals surface area contributed by atoms with Crippen LogP contribution >= 0.6 is 0 Å². The van der Waals surface area contributed by atoms with Gasteiger partial charge in [0.1, 0.15) is 0 Å². The molecule has 3 rings (SSSR count). The Morgan fingerprint density at radius 1 is 1.05 bits per heavy atom. The molecule has 0 aromatic heterocycles. The summed E-state index contributed by atoms with van der Waals surface area (Å²) in [6, 6.07) is 8.71. The van der Waals surface area contributed by atoms with Gasteiger partial charge < -0.3 is 0 Å². The van der Waals surface area contributed by atoms with Crippen LogP contribution in [0.25, 0.3) is 0 Å². The molecule has 2 aliphatic carbocycles. The van der Waals surface area contributed by atoms with E-state index in [0.29, 0.717) is 16.2 Å². The van der Waals surface area contributed by atoms with Crippen LogP contribution in [0.15, 0.2) is 35.2 Å². The van der Waals surface area contributed by atoms with Gasteiger partial charge in [0.05, 0.1) is 4.90 Å². The SMILES string of the molecule is CC(C)C12CCC(NS(=O)(=O)c3ccccc3)(CC1)C2. The van der Waals surface area contributed by atoms with Gasteiger partial charge in [-0.2, -0.15) is 0 Å². The molecule has 0 spiro atoms. The molecule has 1 aromatic rings. The molecule has 110 valence electrons. The maximum atomic E-state index is 12.5. The molecular weight excluding hydrogens is 270 g/mol. The van der Waals surface area contributed by atoms with Gasteiger partial charge in [-0.1, -0.05) is 32.0 Å². The van der Waals surface area contributed by atoms with Crippen LogP contribution in [0.5, 0.6) is 0 Å². The third kappa shape index (κ3) is 2.19. The van der Waals surface area contributed by atoms with Crippen molar-refractivity contribution in [3.63, 3.8) is 0 Å². The predicted octanol–water partition coefficient (Wildman–Crippen LogP) is 3.32. The Morgan fingerprint density at radius 3 is 2.15 bits per heavy atom. The van der Waals surface area contributed by atoms with Gasteiger partial charge in [-0.15, -0.1) is 0 Å². The third-order valence-corrected chi connectivity index (χ3v) is 7.12. The van der Waals surface area contributed by atoms with Crippen LogP contribution in [0.3, 0.4) is 0 Å². The van der Waals surface area contributed by atoms with Crippen molar-refractivity contribution in [2.75, 3.05) is 0 Å². The van der Waals surface area contributed by atoms with E-state index in [0.717, 1.165) is 32.1 Å². The summed E-state index contributed by atoms with van der Waals surface area (Å²) >= 11 is 0. The number of rotatable bonds is 4. The summed E-state index contributed by atoms with van der Waals surface area (Å²) in [7, 11) is -3.39. The quantitative estimate of drug-likeness (QED) is 0.925. The molecule has 2 bridgehead atoms. The minimum absolute atomic E-state index is 0.195. The first kappa shape index (κ1) is 14.1. The summed E-state index contributed by atoms with van der Waals surface area (Å²) in [5.41, 5.74) is 0.165. The summed E-state index contributed by atoms with van der Waals surface area (Å²) in [6.45, 7) is 4.54. The van der Waals surface area contributed by atoms with Crippen molar-refractivity contribution < 1.29 is 8.42 Å². The van der Waals surface area contributed by atoms with Gasteiger partial charge in [0, 0.05) is 5.54 Å². The molecule has 2 aliphatic rings. The van der Waals surface area contributed by atoms with Crippen LogP contribution in [0, 0.1) is 11.3 Å². The summed E-state index contributed by atoms with van der Waals surface area (Å²) in [6.07, 6.45) is 5.28. The van der Waals surface area contributed by atoms with E-state index in [1.165, 1.54) is 0 Å². The molecule has 3 nitrogen and oxygen atoms in total. The summed E-state index contributed by atoms with van der Waals surface area (Å²) in [4.78, 5) is 0.378. The van der Waals surface area contributed by atoms with Crippen LogP contribution in [-0.2, 0) is 10.0 Å². The number of sulfonamides is 1. The maximum Gasteiger partial charge on any atom is 0.241 e. The standard InChI is InChI=1S/C16H23NO2S/c1-13(2)15-8-10-16(12-15,11-9-15)17-20(18,19)14-6-4-3-5-7-14/h3-7,13,17H,8-12H2,1-2H3. The van der Waals surface area contributed by atoms with E-state index < -0.39 is 10.0 Å². The van der Waals surface area contributed by atoms with E-state index in [1.54, 1.807) is 24.3 Å². The van der Waals surface area contributed by atoms with Gasteiger partial charge in [0.25, 0.3) is 0 Å². The number of hydrogen-bond acceptors (Lipinski definition) is 2. The molecule has 2 fully saturated rings. The summed E-state index contributed by atoms with van der Waals surface area (Å²) in [5, 5.41) is 0. The zero-order valence-electron chi connectivity index (χ0n) is 12.2. The molecule has 0 amide bonds. The molecule has 1 N–H and O–H groups in total. The van der Waals surface area contributed by atoms with Gasteiger partial charge in [0.15, 0.2) is 0 Å². The van der Waals surface area contributed by atoms with Crippen LogP contribution in [-0.4, -0.2) is 14.0 Å². The van der Waals surface area contributed by atoms with Crippen LogP contribution < -0.4 is 4.72 Å². The van der Waals surface area contributed by atoms with Crippen molar-refractivity contribution in [1.82, 2.24) is 4.72 Å². The first-order valence-electron chi connectivity index (χ1n) is 7.47. The van der Waals surface area contributed by atoms with Crippen molar-refractivity contribution in [2.24, 2.45) is 11.3 Å². The molecule has 0 heterocycles. The average molecular weight is 293 g/mol. The lowest BCUT2D eigenvalue weighted by Gasteiger charge is -2.31. The highest BCUT2D eigenvalue weighted by atomic mass is 32.2. The highest BCUT2D eigenvalue weighted by molar-refractivity contribution is 7.89. The number of benzene rings is 1. The Morgan fingerprint density at radius 2 is 1.65 bits per heavy atom. The molecule has 0 saturated heterocycles. The molecule has 0 radical (unpaired) electrons. The molecule has 0 aliphatic heterocycles. The topological polar surface area (TPSA) is 46.2 Å². The van der Waals surface area contributed by atoms with Gasteiger partial charge in [-0.05, 0) is 55.6 Å². The van der Waals surface area contributed by atoms with Crippen molar-refractivity contribution in [3.8, 4) is 0 Å². The van der Waals surface area contributed by atoms with E-state index in [4.69, 9.17) is 0 Å². The Bertz CT molecular complexity index is 584. The van der Waals surface area contributed by atoms with Crippen LogP contribution in [0.2, 0.25) is 0 Å². The fraction of sp³-hybridized carbons (Fsp3) is 0.625. The van der Waals surface area contributed by atoms with Crippen molar-refractivity contribution in [3.05, 3.63) is 30.3 Å². The molecule has 0 unspecified atom stereocenters. The zero-order chi connectivity index (χ0) is 14.4. The Kier molecular flexibility index (Phi) is 3.22. The third-order valence-electron chi connectivity index (χ3n) is 5.52. The number of fused-ring (bicyclic) bond motifs is 2. The van der Waals surface area contributed by atoms with E-state index in [9.17, 15) is 8.42 Å². The minimum atomic E-state index is -3.39. The van der Waals surface area contributed by atoms with E-state index in [2.05, 4.69) is 18.6 Å². The Hall–Kier alpha value is -0.870. The molecule has 1 aromatic carbocycles. The zero-order valence-corrected chi connectivity index (χ0v) is 13.0. The molecule has 4 heteroatoms. The van der Waals surface area contributed by atoms with E-state index in [-0.39, 0.29) is 5.54 Å². The van der Waals surface area contributed by atoms with Crippen molar-refractivity contribution >= 4 is 10.0 Å². The van der Waals surface area contributed by atoms with Gasteiger partial charge in [-0.3, -0.25) is 0 Å². The van der Waals surface area contributed by atoms with Gasteiger partial charge >= 0.3 is 0 Å². The molecule has 20 heavy (non-hydrogen) atoms. The first-order valence-corrected chi connectivity index (χ1v) is 8.95. The second-order valence-corrected chi connectivity index (χ2v) is 8.58. The van der Waals surface area contributed by atoms with Crippen LogP contribution in [0.4, 0.5) is 0 Å². The normalized spacial score (nSPS) is 33.0. The van der Waals surface area contributed by atoms with Crippen molar-refractivity contribution in [2.45, 2.75) is 56.4 Å². The van der Waals surface area contributed by atoms with Crippen molar-refractivity contribution in [1.29, 1.82) is 0 Å². The van der Waals surface area contributed by atoms with E-state index >= 15 is 0 Å². The fourth-order valence-electron chi connectivity index (χ4n) is 4.12. The Labute approximate surface area is 121 Å². The van der Waals surface area contributed by atoms with Crippen LogP contribution in [0.1, 0.15) is 46.0 Å². The first-order chi connectivity index (χ1) is 9.38. The Balaban J connectivity index is 1.83. The van der Waals surface area contributed by atoms with Gasteiger partial charge in [-0.25, -0.2) is 13.1 Å². The van der Waals surface area contributed by atoms with Gasteiger partial charge in [0.2, 0.25) is 10.0 Å². The molecule has 0 atom stereocenters. The lowest BCUT2D eigenvalue weighted by Crippen LogP contribution is -2.44. The highest BCUT2D eigenvalue weighted by Gasteiger charge is 2.56. The number of hydrogen-bond donors (Lipinski definition) is 1. The lowest BCUT2D eigenvalue weighted by atomic mass is 9.75. The second kappa shape index (κ2) is 4.57. The number of nitrogens with one attached hydrogen (secondary N) is 1. The minimum Gasteiger partial charge on any atom is -0.207 e. The fourth-order valence-corrected chi connectivity index (χ4v) is 5.60. The average Bonchev–Trinajstić information content (AvgIpc) is 2.96. The summed E-state index contributed by atoms with van der Waals surface area (Å²) < 4.78 is 28.1. The largest absolute Gasteiger partial charge is 0.241 e. The molecular formula is C16H23NO2S. The monoisotopic (exact) mass is 293 g/mol. The lowest BCUT2D eigenvalue weighted by molar-refractivity contribution is 0.199.